The number of benzene rings is 3. The van der Waals surface area contributed by atoms with Crippen LogP contribution in [0.3, 0.4) is 0 Å². The van der Waals surface area contributed by atoms with Crippen molar-refractivity contribution >= 4 is 10.8 Å². The van der Waals surface area contributed by atoms with Crippen molar-refractivity contribution in [2.75, 3.05) is 26.6 Å². The second kappa shape index (κ2) is 15.3. The molecule has 14 heteroatoms. The quantitative estimate of drug-likeness (QED) is 0.122. The predicted octanol–water partition coefficient (Wildman–Crippen LogP) is -0.529. The highest BCUT2D eigenvalue weighted by atomic mass is 16.7. The predicted molar refractivity (Wildman–Crippen MR) is 168 cm³/mol. The van der Waals surface area contributed by atoms with Crippen LogP contribution in [0.5, 0.6) is 11.5 Å². The summed E-state index contributed by atoms with van der Waals surface area (Å²) in [5.41, 5.74) is 1.83. The molecule has 3 aromatic rings. The van der Waals surface area contributed by atoms with E-state index in [0.717, 1.165) is 21.9 Å². The lowest BCUT2D eigenvalue weighted by molar-refractivity contribution is -0.336. The number of fused-ring (bicyclic) bond motifs is 2. The number of rotatable bonds is 12. The van der Waals surface area contributed by atoms with Gasteiger partial charge in [-0.25, -0.2) is 0 Å². The van der Waals surface area contributed by atoms with E-state index in [1.807, 2.05) is 67.6 Å². The van der Waals surface area contributed by atoms with Crippen LogP contribution in [-0.4, -0.2) is 130 Å². The number of ether oxygens (including phenoxy) is 6. The monoisotopic (exact) mass is 673 g/mol. The van der Waals surface area contributed by atoms with Crippen LogP contribution < -0.4 is 14.8 Å². The molecule has 0 amide bonds. The van der Waals surface area contributed by atoms with E-state index in [-0.39, 0.29) is 12.8 Å². The molecule has 2 saturated heterocycles. The summed E-state index contributed by atoms with van der Waals surface area (Å²) in [5.74, 6) is 1.41. The van der Waals surface area contributed by atoms with Gasteiger partial charge in [0.2, 0.25) is 6.79 Å². The lowest BCUT2D eigenvalue weighted by Gasteiger charge is -2.43. The van der Waals surface area contributed by atoms with Crippen LogP contribution >= 0.6 is 0 Å². The van der Waals surface area contributed by atoms with E-state index in [1.165, 1.54) is 0 Å². The van der Waals surface area contributed by atoms with Gasteiger partial charge in [-0.3, -0.25) is 0 Å². The van der Waals surface area contributed by atoms with E-state index >= 15 is 0 Å². The molecular formula is C34H43NO13. The minimum absolute atomic E-state index is 0.0128. The van der Waals surface area contributed by atoms with Crippen LogP contribution in [0.15, 0.2) is 60.7 Å². The van der Waals surface area contributed by atoms with E-state index in [1.54, 1.807) is 0 Å². The fourth-order valence-corrected chi connectivity index (χ4v) is 6.18. The maximum Gasteiger partial charge on any atom is 0.231 e. The van der Waals surface area contributed by atoms with E-state index in [4.69, 9.17) is 28.4 Å². The third-order valence-electron chi connectivity index (χ3n) is 9.02. The standard InChI is InChI=1S/C34H43NO13/c1-17(10-18-6-9-22-23(11-18)45-16-44-22)35-13-24(21-8-7-19-4-2-3-5-20(19)12-21)46-34-32(42)30(40)28(38)26(48-34)15-43-33-31(41)29(39)27(37)25(14-36)47-33/h2-9,11-12,17,24-42H,10,13-16H2,1H3/t17?,24-,25+,26+,27+,28+,29-,30-,31+,32+,33+,34+/m0/s1. The van der Waals surface area contributed by atoms with Crippen LogP contribution in [0, 0.1) is 0 Å². The summed E-state index contributed by atoms with van der Waals surface area (Å²) >= 11 is 0. The lowest BCUT2D eigenvalue weighted by atomic mass is 9.98. The van der Waals surface area contributed by atoms with Gasteiger partial charge < -0.3 is 69.5 Å². The molecule has 2 fully saturated rings. The molecule has 6 rings (SSSR count). The Balaban J connectivity index is 1.15. The number of hydrogen-bond donors (Lipinski definition) is 8. The van der Waals surface area contributed by atoms with Crippen molar-refractivity contribution in [2.45, 2.75) is 86.9 Å². The summed E-state index contributed by atoms with van der Waals surface area (Å²) in [7, 11) is 0. The SMILES string of the molecule is CC(Cc1ccc2c(c1)OCO2)NC[C@H](O[C@@H]1O[C@H](CO[C@@H]2O[C@H](CO)[C@@H](O)[C@H](O)[C@H]2O)[C@@H](O)[C@H](O)[C@H]1O)c1ccc2ccccc2c1. The van der Waals surface area contributed by atoms with Crippen molar-refractivity contribution in [3.8, 4) is 11.5 Å². The van der Waals surface area contributed by atoms with Crippen LogP contribution in [0.25, 0.3) is 10.8 Å². The number of aliphatic hydroxyl groups excluding tert-OH is 7. The third kappa shape index (κ3) is 7.60. The molecule has 3 aromatic carbocycles. The van der Waals surface area contributed by atoms with Crippen LogP contribution in [0.4, 0.5) is 0 Å². The van der Waals surface area contributed by atoms with E-state index < -0.39 is 80.7 Å². The number of hydrogen-bond acceptors (Lipinski definition) is 14. The molecule has 0 aromatic heterocycles. The first-order valence-electron chi connectivity index (χ1n) is 16.0. The van der Waals surface area contributed by atoms with Crippen molar-refractivity contribution in [1.82, 2.24) is 5.32 Å². The molecular weight excluding hydrogens is 630 g/mol. The van der Waals surface area contributed by atoms with Crippen molar-refractivity contribution in [2.24, 2.45) is 0 Å². The Hall–Kier alpha value is -2.96. The Bertz CT molecular complexity index is 1510. The summed E-state index contributed by atoms with van der Waals surface area (Å²) in [6.45, 7) is 1.41. The molecule has 262 valence electrons. The topological polar surface area (TPSA) is 209 Å². The molecule has 0 bridgehead atoms. The van der Waals surface area contributed by atoms with E-state index in [2.05, 4.69) is 5.32 Å². The smallest absolute Gasteiger partial charge is 0.231 e. The van der Waals surface area contributed by atoms with Crippen molar-refractivity contribution < 1.29 is 64.2 Å². The molecule has 48 heavy (non-hydrogen) atoms. The molecule has 3 aliphatic rings. The highest BCUT2D eigenvalue weighted by Gasteiger charge is 2.48. The molecule has 12 atom stereocenters. The lowest BCUT2D eigenvalue weighted by Crippen LogP contribution is -2.62. The molecule has 0 saturated carbocycles. The Morgan fingerprint density at radius 2 is 1.44 bits per heavy atom. The average molecular weight is 674 g/mol. The highest BCUT2D eigenvalue weighted by Crippen LogP contribution is 2.33. The van der Waals surface area contributed by atoms with Crippen LogP contribution in [-0.2, 0) is 25.4 Å². The van der Waals surface area contributed by atoms with Crippen molar-refractivity contribution in [1.29, 1.82) is 0 Å². The Kier molecular flexibility index (Phi) is 11.1. The second-order valence-electron chi connectivity index (χ2n) is 12.5. The highest BCUT2D eigenvalue weighted by molar-refractivity contribution is 5.83. The summed E-state index contributed by atoms with van der Waals surface area (Å²) in [4.78, 5) is 0. The summed E-state index contributed by atoms with van der Waals surface area (Å²) in [5, 5.41) is 77.9. The Labute approximate surface area is 277 Å². The molecule has 0 spiro atoms. The molecule has 3 aliphatic heterocycles. The normalized spacial score (nSPS) is 33.1. The summed E-state index contributed by atoms with van der Waals surface area (Å²) in [6, 6.07) is 19.5. The zero-order chi connectivity index (χ0) is 33.9. The van der Waals surface area contributed by atoms with Gasteiger partial charge in [0.25, 0.3) is 0 Å². The van der Waals surface area contributed by atoms with Gasteiger partial charge >= 0.3 is 0 Å². The maximum absolute atomic E-state index is 10.9. The second-order valence-corrected chi connectivity index (χ2v) is 12.5. The average Bonchev–Trinajstić information content (AvgIpc) is 3.57. The minimum atomic E-state index is -1.68. The van der Waals surface area contributed by atoms with Gasteiger partial charge in [-0.2, -0.15) is 0 Å². The van der Waals surface area contributed by atoms with Gasteiger partial charge in [-0.15, -0.1) is 0 Å². The molecule has 0 radical (unpaired) electrons. The summed E-state index contributed by atoms with van der Waals surface area (Å²) < 4.78 is 34.1. The van der Waals surface area contributed by atoms with Gasteiger partial charge in [0.15, 0.2) is 24.1 Å². The number of nitrogens with one attached hydrogen (secondary N) is 1. The number of aliphatic hydroxyl groups is 7. The minimum Gasteiger partial charge on any atom is -0.454 e. The van der Waals surface area contributed by atoms with E-state index in [9.17, 15) is 35.7 Å². The zero-order valence-electron chi connectivity index (χ0n) is 26.3. The van der Waals surface area contributed by atoms with Gasteiger partial charge in [-0.1, -0.05) is 42.5 Å². The van der Waals surface area contributed by atoms with Crippen molar-refractivity contribution in [3.63, 3.8) is 0 Å². The first kappa shape index (κ1) is 34.9. The molecule has 1 unspecified atom stereocenters. The molecule has 8 N–H and O–H groups in total. The first-order valence-corrected chi connectivity index (χ1v) is 16.0. The van der Waals surface area contributed by atoms with Gasteiger partial charge in [0.1, 0.15) is 48.8 Å². The molecule has 14 nitrogen and oxygen atoms in total. The van der Waals surface area contributed by atoms with Crippen LogP contribution in [0.2, 0.25) is 0 Å². The molecule has 3 heterocycles. The van der Waals surface area contributed by atoms with E-state index in [0.29, 0.717) is 24.5 Å². The van der Waals surface area contributed by atoms with Crippen molar-refractivity contribution in [3.05, 3.63) is 71.8 Å². The van der Waals surface area contributed by atoms with Gasteiger partial charge in [-0.05, 0) is 53.4 Å². The van der Waals surface area contributed by atoms with Crippen LogP contribution in [0.1, 0.15) is 24.2 Å². The zero-order valence-corrected chi connectivity index (χ0v) is 26.3. The molecule has 0 aliphatic carbocycles. The third-order valence-corrected chi connectivity index (χ3v) is 9.02. The first-order chi connectivity index (χ1) is 23.1. The van der Waals surface area contributed by atoms with Gasteiger partial charge in [0.05, 0.1) is 19.3 Å². The summed E-state index contributed by atoms with van der Waals surface area (Å²) in [6.07, 6.45) is -15.2. The Morgan fingerprint density at radius 1 is 0.750 bits per heavy atom. The Morgan fingerprint density at radius 3 is 2.21 bits per heavy atom. The largest absolute Gasteiger partial charge is 0.454 e. The fourth-order valence-electron chi connectivity index (χ4n) is 6.18. The maximum atomic E-state index is 10.9. The van der Waals surface area contributed by atoms with Gasteiger partial charge in [0, 0.05) is 12.6 Å². The fraction of sp³-hybridized carbons (Fsp3) is 0.529.